The van der Waals surface area contributed by atoms with E-state index in [1.807, 2.05) is 23.1 Å². The second-order valence-electron chi connectivity index (χ2n) is 7.47. The molecule has 1 aromatic rings. The Labute approximate surface area is 170 Å². The molecule has 28 heavy (non-hydrogen) atoms. The molecule has 0 unspecified atom stereocenters. The van der Waals surface area contributed by atoms with Gasteiger partial charge in [0.25, 0.3) is 0 Å². The molecule has 0 spiro atoms. The molecule has 0 radical (unpaired) electrons. The molecular weight excluding hydrogens is 374 g/mol. The average molecular weight is 400 g/mol. The molecule has 1 saturated heterocycles. The summed E-state index contributed by atoms with van der Waals surface area (Å²) in [6.45, 7) is 0.607. The van der Waals surface area contributed by atoms with Crippen molar-refractivity contribution in [2.24, 2.45) is 0 Å². The van der Waals surface area contributed by atoms with Crippen molar-refractivity contribution in [2.75, 3.05) is 26.8 Å². The molecule has 1 saturated carbocycles. The first-order valence-electron chi connectivity index (χ1n) is 9.69. The molecule has 4 rings (SSSR count). The Morgan fingerprint density at radius 3 is 2.61 bits per heavy atom. The van der Waals surface area contributed by atoms with Gasteiger partial charge < -0.3 is 9.47 Å². The van der Waals surface area contributed by atoms with Crippen LogP contribution in [0.15, 0.2) is 28.8 Å². The molecule has 1 atom stereocenters. The third-order valence-electron chi connectivity index (χ3n) is 5.97. The number of hydrogen-bond donors (Lipinski definition) is 0. The number of rotatable bonds is 4. The van der Waals surface area contributed by atoms with Crippen LogP contribution < -0.4 is 9.47 Å². The molecular formula is C21H25N3O3S. The largest absolute Gasteiger partial charge is 0.493 e. The van der Waals surface area contributed by atoms with Crippen LogP contribution in [0.5, 0.6) is 11.5 Å². The van der Waals surface area contributed by atoms with Crippen molar-refractivity contribution in [3.05, 3.63) is 34.4 Å². The molecule has 2 fully saturated rings. The highest BCUT2D eigenvalue weighted by Crippen LogP contribution is 2.44. The molecule has 3 aliphatic rings. The number of amides is 1. The van der Waals surface area contributed by atoms with E-state index in [9.17, 15) is 10.1 Å². The molecule has 1 amide bonds. The highest BCUT2D eigenvalue weighted by molar-refractivity contribution is 8.03. The van der Waals surface area contributed by atoms with Gasteiger partial charge in [0, 0.05) is 18.4 Å². The van der Waals surface area contributed by atoms with Gasteiger partial charge in [-0.05, 0) is 30.5 Å². The minimum Gasteiger partial charge on any atom is -0.493 e. The lowest BCUT2D eigenvalue weighted by Gasteiger charge is -2.43. The maximum atomic E-state index is 13.0. The lowest BCUT2D eigenvalue weighted by atomic mass is 9.86. The molecule has 2 aliphatic heterocycles. The molecule has 0 aromatic heterocycles. The standard InChI is InChI=1S/C21H25N3O3S/c1-26-18-8-7-14(9-19(18)27-2)16-10-20(25)24-12-23(15-5-3-4-6-15)13-28-21(24)17(16)11-22/h7-9,15-16H,3-6,10,12-13H2,1-2H3/t16-/m1/s1. The number of allylic oxidation sites excluding steroid dienone is 1. The van der Waals surface area contributed by atoms with Gasteiger partial charge in [0.15, 0.2) is 11.5 Å². The van der Waals surface area contributed by atoms with Gasteiger partial charge >= 0.3 is 0 Å². The summed E-state index contributed by atoms with van der Waals surface area (Å²) in [4.78, 5) is 17.2. The van der Waals surface area contributed by atoms with Crippen LogP contribution >= 0.6 is 11.8 Å². The first-order valence-corrected chi connectivity index (χ1v) is 10.7. The molecule has 148 valence electrons. The number of thioether (sulfide) groups is 1. The SMILES string of the molecule is COc1ccc([C@H]2CC(=O)N3CN(C4CCCC4)CSC3=C2C#N)cc1OC. The van der Waals surface area contributed by atoms with Crippen LogP contribution in [0, 0.1) is 11.3 Å². The van der Waals surface area contributed by atoms with Crippen molar-refractivity contribution < 1.29 is 14.3 Å². The third kappa shape index (κ3) is 3.36. The molecule has 7 heteroatoms. The van der Waals surface area contributed by atoms with Gasteiger partial charge in [-0.2, -0.15) is 5.26 Å². The zero-order valence-corrected chi connectivity index (χ0v) is 17.1. The van der Waals surface area contributed by atoms with Crippen LogP contribution in [0.2, 0.25) is 0 Å². The Hall–Kier alpha value is -2.17. The summed E-state index contributed by atoms with van der Waals surface area (Å²) in [5, 5.41) is 10.8. The summed E-state index contributed by atoms with van der Waals surface area (Å²) in [7, 11) is 3.19. The predicted molar refractivity (Wildman–Crippen MR) is 108 cm³/mol. The maximum absolute atomic E-state index is 13.0. The molecule has 6 nitrogen and oxygen atoms in total. The van der Waals surface area contributed by atoms with E-state index in [2.05, 4.69) is 11.0 Å². The molecule has 0 bridgehead atoms. The van der Waals surface area contributed by atoms with Crippen LogP contribution in [-0.4, -0.2) is 48.5 Å². The number of methoxy groups -OCH3 is 2. The monoisotopic (exact) mass is 399 g/mol. The van der Waals surface area contributed by atoms with Crippen molar-refractivity contribution >= 4 is 17.7 Å². The predicted octanol–water partition coefficient (Wildman–Crippen LogP) is 3.66. The third-order valence-corrected chi connectivity index (χ3v) is 7.14. The van der Waals surface area contributed by atoms with Gasteiger partial charge in [-0.1, -0.05) is 30.7 Å². The highest BCUT2D eigenvalue weighted by atomic mass is 32.2. The van der Waals surface area contributed by atoms with E-state index in [4.69, 9.17) is 9.47 Å². The van der Waals surface area contributed by atoms with E-state index >= 15 is 0 Å². The summed E-state index contributed by atoms with van der Waals surface area (Å²) in [5.41, 5.74) is 1.59. The van der Waals surface area contributed by atoms with Crippen molar-refractivity contribution in [3.8, 4) is 17.6 Å². The van der Waals surface area contributed by atoms with Crippen molar-refractivity contribution in [1.29, 1.82) is 5.26 Å². The van der Waals surface area contributed by atoms with Gasteiger partial charge in [0.1, 0.15) is 0 Å². The highest BCUT2D eigenvalue weighted by Gasteiger charge is 2.40. The fourth-order valence-electron chi connectivity index (χ4n) is 4.43. The van der Waals surface area contributed by atoms with E-state index in [0.29, 0.717) is 36.2 Å². The number of fused-ring (bicyclic) bond motifs is 1. The molecule has 1 aromatic carbocycles. The van der Waals surface area contributed by atoms with Crippen LogP contribution in [-0.2, 0) is 4.79 Å². The lowest BCUT2D eigenvalue weighted by molar-refractivity contribution is -0.132. The van der Waals surface area contributed by atoms with Gasteiger partial charge in [0.05, 0.1) is 43.4 Å². The van der Waals surface area contributed by atoms with E-state index in [1.165, 1.54) is 25.7 Å². The second-order valence-corrected chi connectivity index (χ2v) is 8.40. The van der Waals surface area contributed by atoms with Gasteiger partial charge in [-0.3, -0.25) is 14.6 Å². The Bertz CT molecular complexity index is 842. The van der Waals surface area contributed by atoms with Gasteiger partial charge in [0.2, 0.25) is 5.91 Å². The topological polar surface area (TPSA) is 65.8 Å². The second kappa shape index (κ2) is 8.06. The Morgan fingerprint density at radius 2 is 1.93 bits per heavy atom. The minimum atomic E-state index is -0.242. The lowest BCUT2D eigenvalue weighted by Crippen LogP contribution is -2.50. The molecule has 1 aliphatic carbocycles. The van der Waals surface area contributed by atoms with Crippen molar-refractivity contribution in [3.63, 3.8) is 0 Å². The maximum Gasteiger partial charge on any atom is 0.229 e. The smallest absolute Gasteiger partial charge is 0.229 e. The van der Waals surface area contributed by atoms with Gasteiger partial charge in [-0.15, -0.1) is 0 Å². The van der Waals surface area contributed by atoms with E-state index in [1.54, 1.807) is 26.0 Å². The quantitative estimate of drug-likeness (QED) is 0.770. The van der Waals surface area contributed by atoms with E-state index in [0.717, 1.165) is 16.5 Å². The summed E-state index contributed by atoms with van der Waals surface area (Å²) < 4.78 is 10.7. The fourth-order valence-corrected chi connectivity index (χ4v) is 5.67. The van der Waals surface area contributed by atoms with Crippen LogP contribution in [0.3, 0.4) is 0 Å². The molecule has 0 N–H and O–H groups in total. The summed E-state index contributed by atoms with van der Waals surface area (Å²) in [5.74, 6) is 1.94. The summed E-state index contributed by atoms with van der Waals surface area (Å²) in [6, 6.07) is 8.60. The van der Waals surface area contributed by atoms with Crippen LogP contribution in [0.1, 0.15) is 43.6 Å². The number of hydrogen-bond acceptors (Lipinski definition) is 6. The number of carbonyl (C=O) groups excluding carboxylic acids is 1. The number of benzene rings is 1. The van der Waals surface area contributed by atoms with Crippen LogP contribution in [0.25, 0.3) is 0 Å². The normalized spacial score (nSPS) is 23.5. The Balaban J connectivity index is 1.64. The molecule has 2 heterocycles. The number of carbonyl (C=O) groups is 1. The first-order chi connectivity index (χ1) is 13.7. The van der Waals surface area contributed by atoms with Crippen LogP contribution in [0.4, 0.5) is 0 Å². The average Bonchev–Trinajstić information content (AvgIpc) is 3.28. The zero-order valence-electron chi connectivity index (χ0n) is 16.3. The summed E-state index contributed by atoms with van der Waals surface area (Å²) >= 11 is 1.63. The van der Waals surface area contributed by atoms with Crippen molar-refractivity contribution in [1.82, 2.24) is 9.80 Å². The number of ether oxygens (including phenoxy) is 2. The Morgan fingerprint density at radius 1 is 1.18 bits per heavy atom. The fraction of sp³-hybridized carbons (Fsp3) is 0.524. The first kappa shape index (κ1) is 19.2. The number of nitriles is 1. The van der Waals surface area contributed by atoms with Gasteiger partial charge in [-0.25, -0.2) is 0 Å². The minimum absolute atomic E-state index is 0.0870. The number of nitrogens with zero attached hydrogens (tertiary/aromatic N) is 3. The van der Waals surface area contributed by atoms with E-state index in [-0.39, 0.29) is 11.8 Å². The zero-order chi connectivity index (χ0) is 19.7. The Kier molecular flexibility index (Phi) is 5.51. The van der Waals surface area contributed by atoms with E-state index < -0.39 is 0 Å². The summed E-state index contributed by atoms with van der Waals surface area (Å²) in [6.07, 6.45) is 5.27. The van der Waals surface area contributed by atoms with Crippen molar-refractivity contribution in [2.45, 2.75) is 44.1 Å².